The van der Waals surface area contributed by atoms with Crippen LogP contribution in [0.25, 0.3) is 0 Å². The van der Waals surface area contributed by atoms with E-state index in [2.05, 4.69) is 45.1 Å². The fourth-order valence-corrected chi connectivity index (χ4v) is 3.57. The number of piperidine rings is 1. The summed E-state index contributed by atoms with van der Waals surface area (Å²) in [7, 11) is 0. The molecule has 2 aliphatic rings. The molecule has 1 aromatic carbocycles. The lowest BCUT2D eigenvalue weighted by atomic mass is 10.0. The van der Waals surface area contributed by atoms with Gasteiger partial charge in [-0.1, -0.05) is 34.5 Å². The maximum absolute atomic E-state index is 3.51. The zero-order valence-electron chi connectivity index (χ0n) is 9.94. The molecule has 0 unspecified atom stereocenters. The van der Waals surface area contributed by atoms with Crippen LogP contribution in [-0.4, -0.2) is 17.5 Å². The van der Waals surface area contributed by atoms with Gasteiger partial charge in [-0.2, -0.15) is 0 Å². The van der Waals surface area contributed by atoms with E-state index in [1.54, 1.807) is 0 Å². The Labute approximate surface area is 118 Å². The van der Waals surface area contributed by atoms with Crippen LogP contribution in [-0.2, 0) is 0 Å². The Bertz CT molecular complexity index is 365. The number of rotatable bonds is 1. The molecule has 0 N–H and O–H groups in total. The van der Waals surface area contributed by atoms with Gasteiger partial charge in [0.05, 0.1) is 0 Å². The second-order valence-corrected chi connectivity index (χ2v) is 5.95. The van der Waals surface area contributed by atoms with E-state index >= 15 is 0 Å². The van der Waals surface area contributed by atoms with Crippen LogP contribution in [0.1, 0.15) is 43.7 Å². The third-order valence-corrected chi connectivity index (χ3v) is 4.63. The van der Waals surface area contributed by atoms with Crippen molar-refractivity contribution < 1.29 is 0 Å². The van der Waals surface area contributed by atoms with E-state index in [0.29, 0.717) is 6.04 Å². The van der Waals surface area contributed by atoms with Crippen molar-refractivity contribution in [2.75, 3.05) is 6.54 Å². The van der Waals surface area contributed by atoms with Gasteiger partial charge in [0.15, 0.2) is 0 Å². The van der Waals surface area contributed by atoms with Crippen molar-refractivity contribution in [3.8, 4) is 0 Å². The molecule has 0 radical (unpaired) electrons. The van der Waals surface area contributed by atoms with Gasteiger partial charge in [-0.05, 0) is 49.9 Å². The molecule has 2 atom stereocenters. The van der Waals surface area contributed by atoms with Crippen molar-refractivity contribution in [1.29, 1.82) is 0 Å². The summed E-state index contributed by atoms with van der Waals surface area (Å²) >= 11 is 3.51. The van der Waals surface area contributed by atoms with Crippen LogP contribution in [0.4, 0.5) is 0 Å². The van der Waals surface area contributed by atoms with E-state index in [1.807, 2.05) is 0 Å². The number of nitrogens with zero attached hydrogens (tertiary/aromatic N) is 1. The first-order chi connectivity index (χ1) is 7.84. The van der Waals surface area contributed by atoms with Crippen LogP contribution in [0.5, 0.6) is 0 Å². The van der Waals surface area contributed by atoms with Gasteiger partial charge in [0.1, 0.15) is 0 Å². The van der Waals surface area contributed by atoms with Crippen LogP contribution in [0, 0.1) is 0 Å². The number of fused-ring (bicyclic) bond motifs is 1. The lowest BCUT2D eigenvalue weighted by Gasteiger charge is -2.34. The van der Waals surface area contributed by atoms with E-state index in [4.69, 9.17) is 0 Å². The molecule has 17 heavy (non-hydrogen) atoms. The average molecular weight is 317 g/mol. The summed E-state index contributed by atoms with van der Waals surface area (Å²) in [5.74, 6) is 0. The van der Waals surface area contributed by atoms with Crippen LogP contribution in [0.3, 0.4) is 0 Å². The number of hydrogen-bond acceptors (Lipinski definition) is 1. The third-order valence-electron chi connectivity index (χ3n) is 4.10. The first kappa shape index (κ1) is 13.4. The summed E-state index contributed by atoms with van der Waals surface area (Å²) in [6.07, 6.45) is 7.01. The van der Waals surface area contributed by atoms with Crippen LogP contribution >= 0.6 is 28.3 Å². The summed E-state index contributed by atoms with van der Waals surface area (Å²) in [6, 6.07) is 10.5. The van der Waals surface area contributed by atoms with E-state index < -0.39 is 0 Å². The summed E-state index contributed by atoms with van der Waals surface area (Å²) in [4.78, 5) is 2.74. The minimum atomic E-state index is 0. The molecule has 3 heteroatoms. The number of benzene rings is 1. The molecule has 0 saturated carbocycles. The van der Waals surface area contributed by atoms with Gasteiger partial charge < -0.3 is 0 Å². The highest BCUT2D eigenvalue weighted by atomic mass is 79.9. The molecular weight excluding hydrogens is 298 g/mol. The summed E-state index contributed by atoms with van der Waals surface area (Å²) in [6.45, 7) is 1.31. The Morgan fingerprint density at radius 2 is 1.76 bits per heavy atom. The van der Waals surface area contributed by atoms with Crippen molar-refractivity contribution in [3.63, 3.8) is 0 Å². The topological polar surface area (TPSA) is 3.24 Å². The summed E-state index contributed by atoms with van der Waals surface area (Å²) < 4.78 is 1.18. The smallest absolute Gasteiger partial charge is 0.0351 e. The highest BCUT2D eigenvalue weighted by Gasteiger charge is 2.35. The van der Waals surface area contributed by atoms with Crippen molar-refractivity contribution in [2.45, 2.75) is 44.2 Å². The standard InChI is InChI=1S/C14H18BrN.ClH/c15-12-6-4-11(5-7-12)14-9-8-13-3-1-2-10-16(13)14;/h4-7,13-14H,1-3,8-10H2;1H/t13-,14+;/m1./s1. The van der Waals surface area contributed by atoms with Crippen molar-refractivity contribution in [2.24, 2.45) is 0 Å². The third kappa shape index (κ3) is 2.69. The van der Waals surface area contributed by atoms with Crippen molar-refractivity contribution >= 4 is 28.3 Å². The molecule has 0 bridgehead atoms. The molecule has 2 heterocycles. The molecule has 1 aromatic rings. The van der Waals surface area contributed by atoms with E-state index in [-0.39, 0.29) is 12.4 Å². The van der Waals surface area contributed by atoms with Crippen LogP contribution in [0.2, 0.25) is 0 Å². The summed E-state index contributed by atoms with van der Waals surface area (Å²) in [5.41, 5.74) is 1.51. The monoisotopic (exact) mass is 315 g/mol. The van der Waals surface area contributed by atoms with Gasteiger partial charge in [0, 0.05) is 16.6 Å². The summed E-state index contributed by atoms with van der Waals surface area (Å²) in [5, 5.41) is 0. The largest absolute Gasteiger partial charge is 0.293 e. The Hall–Kier alpha value is -0.0500. The van der Waals surface area contributed by atoms with Gasteiger partial charge in [0.25, 0.3) is 0 Å². The predicted octanol–water partition coefficient (Wildman–Crippen LogP) is 4.56. The Balaban J connectivity index is 0.00000108. The Morgan fingerprint density at radius 1 is 1.00 bits per heavy atom. The zero-order valence-corrected chi connectivity index (χ0v) is 12.3. The predicted molar refractivity (Wildman–Crippen MR) is 77.7 cm³/mol. The quantitative estimate of drug-likeness (QED) is 0.734. The minimum Gasteiger partial charge on any atom is -0.293 e. The molecular formula is C14H19BrClN. The normalized spacial score (nSPS) is 28.5. The zero-order chi connectivity index (χ0) is 11.0. The molecule has 0 aromatic heterocycles. The van der Waals surface area contributed by atoms with Crippen LogP contribution < -0.4 is 0 Å². The fourth-order valence-electron chi connectivity index (χ4n) is 3.30. The molecule has 2 saturated heterocycles. The van der Waals surface area contributed by atoms with Gasteiger partial charge in [0.2, 0.25) is 0 Å². The van der Waals surface area contributed by atoms with E-state index in [0.717, 1.165) is 6.04 Å². The second kappa shape index (κ2) is 5.73. The average Bonchev–Trinajstić information content (AvgIpc) is 2.74. The maximum atomic E-state index is 3.51. The Morgan fingerprint density at radius 3 is 2.53 bits per heavy atom. The van der Waals surface area contributed by atoms with Crippen molar-refractivity contribution in [1.82, 2.24) is 4.90 Å². The second-order valence-electron chi connectivity index (χ2n) is 5.03. The number of halogens is 2. The lowest BCUT2D eigenvalue weighted by molar-refractivity contribution is 0.150. The molecule has 0 aliphatic carbocycles. The van der Waals surface area contributed by atoms with E-state index in [1.165, 1.54) is 48.7 Å². The van der Waals surface area contributed by atoms with Gasteiger partial charge >= 0.3 is 0 Å². The minimum absolute atomic E-state index is 0. The highest BCUT2D eigenvalue weighted by molar-refractivity contribution is 9.10. The SMILES string of the molecule is Brc1ccc([C@@H]2CC[C@H]3CCCCN32)cc1.Cl. The first-order valence-corrected chi connectivity index (χ1v) is 7.15. The highest BCUT2D eigenvalue weighted by Crippen LogP contribution is 2.40. The molecule has 0 spiro atoms. The molecule has 0 amide bonds. The molecule has 2 fully saturated rings. The molecule has 94 valence electrons. The lowest BCUT2D eigenvalue weighted by Crippen LogP contribution is -2.35. The molecule has 2 aliphatic heterocycles. The van der Waals surface area contributed by atoms with Gasteiger partial charge in [-0.25, -0.2) is 0 Å². The van der Waals surface area contributed by atoms with Gasteiger partial charge in [-0.3, -0.25) is 4.90 Å². The molecule has 1 nitrogen and oxygen atoms in total. The van der Waals surface area contributed by atoms with Crippen molar-refractivity contribution in [3.05, 3.63) is 34.3 Å². The first-order valence-electron chi connectivity index (χ1n) is 6.36. The molecule has 3 rings (SSSR count). The maximum Gasteiger partial charge on any atom is 0.0351 e. The van der Waals surface area contributed by atoms with Gasteiger partial charge in [-0.15, -0.1) is 12.4 Å². The van der Waals surface area contributed by atoms with E-state index in [9.17, 15) is 0 Å². The van der Waals surface area contributed by atoms with Crippen LogP contribution in [0.15, 0.2) is 28.7 Å². The Kier molecular flexibility index (Phi) is 4.51. The number of hydrogen-bond donors (Lipinski definition) is 0. The fraction of sp³-hybridized carbons (Fsp3) is 0.571.